The van der Waals surface area contributed by atoms with Gasteiger partial charge < -0.3 is 19.8 Å². The van der Waals surface area contributed by atoms with Gasteiger partial charge in [0.05, 0.1) is 17.3 Å². The van der Waals surface area contributed by atoms with Crippen LogP contribution in [0.3, 0.4) is 0 Å². The van der Waals surface area contributed by atoms with Crippen LogP contribution in [-0.4, -0.2) is 58.7 Å². The van der Waals surface area contributed by atoms with Gasteiger partial charge in [-0.05, 0) is 69.2 Å². The van der Waals surface area contributed by atoms with Crippen LogP contribution in [0.5, 0.6) is 0 Å². The first-order chi connectivity index (χ1) is 12.2. The van der Waals surface area contributed by atoms with E-state index in [1.165, 1.54) is 11.1 Å². The van der Waals surface area contributed by atoms with Gasteiger partial charge in [0.2, 0.25) is 0 Å². The van der Waals surface area contributed by atoms with Gasteiger partial charge in [0.15, 0.2) is 0 Å². The Kier molecular flexibility index (Phi) is 3.37. The van der Waals surface area contributed by atoms with Crippen LogP contribution in [0.2, 0.25) is 0 Å². The van der Waals surface area contributed by atoms with Gasteiger partial charge in [-0.2, -0.15) is 0 Å². The van der Waals surface area contributed by atoms with Crippen LogP contribution < -0.4 is 0 Å². The van der Waals surface area contributed by atoms with Crippen LogP contribution >= 0.6 is 0 Å². The molecule has 2 bridgehead atoms. The summed E-state index contributed by atoms with van der Waals surface area (Å²) in [6.07, 6.45) is 8.85. The molecule has 0 aromatic rings. The van der Waals surface area contributed by atoms with Gasteiger partial charge in [-0.3, -0.25) is 0 Å². The molecule has 5 rings (SSSR count). The third-order valence-corrected chi connectivity index (χ3v) is 8.46. The molecule has 7 atom stereocenters. The fraction of sp³-hybridized carbons (Fsp3) is 0.727. The molecule has 0 amide bonds. The van der Waals surface area contributed by atoms with Crippen molar-refractivity contribution in [3.63, 3.8) is 0 Å². The van der Waals surface area contributed by atoms with E-state index < -0.39 is 17.8 Å². The molecule has 26 heavy (non-hydrogen) atoms. The third-order valence-electron chi connectivity index (χ3n) is 8.46. The molecule has 2 aliphatic heterocycles. The lowest BCUT2D eigenvalue weighted by molar-refractivity contribution is -0.162. The second-order valence-electron chi connectivity index (χ2n) is 9.73. The fourth-order valence-electron chi connectivity index (χ4n) is 6.83. The maximum Gasteiger partial charge on any atom is 0.105 e. The largest absolute Gasteiger partial charge is 0.388 e. The number of hydrogen-bond donors (Lipinski definition) is 2. The zero-order chi connectivity index (χ0) is 18.5. The van der Waals surface area contributed by atoms with E-state index in [4.69, 9.17) is 4.74 Å². The molecule has 3 fully saturated rings. The van der Waals surface area contributed by atoms with E-state index in [0.717, 1.165) is 44.1 Å². The van der Waals surface area contributed by atoms with Gasteiger partial charge in [0.1, 0.15) is 6.10 Å². The first-order valence-corrected chi connectivity index (χ1v) is 10.1. The van der Waals surface area contributed by atoms with Crippen LogP contribution in [0.4, 0.5) is 0 Å². The van der Waals surface area contributed by atoms with Crippen molar-refractivity contribution in [3.05, 3.63) is 35.5 Å². The van der Waals surface area contributed by atoms with Crippen molar-refractivity contribution in [1.82, 2.24) is 4.90 Å². The van der Waals surface area contributed by atoms with Gasteiger partial charge in [-0.15, -0.1) is 0 Å². The summed E-state index contributed by atoms with van der Waals surface area (Å²) >= 11 is 0. The fourth-order valence-corrected chi connectivity index (χ4v) is 6.83. The number of allylic oxidation sites excluding steroid dienone is 2. The standard InChI is InChI=1S/C22H31NO3/c1-13-5-6-17-20(13,2)8-7-14-11-15-18(24)19(25)16(23(3)4)12-21(15)9-10-22(14,17)26-21/h7,11,16-19,24-25H,1,5-6,8-10,12H2,2-4H3/t16-,17+,18+,19+,20+,21+,22+/m0/s1. The van der Waals surface area contributed by atoms with Crippen molar-refractivity contribution < 1.29 is 14.9 Å². The summed E-state index contributed by atoms with van der Waals surface area (Å²) in [5.41, 5.74) is 3.00. The predicted octanol–water partition coefficient (Wildman–Crippen LogP) is 2.57. The van der Waals surface area contributed by atoms with Crippen molar-refractivity contribution in [3.8, 4) is 0 Å². The van der Waals surface area contributed by atoms with E-state index in [1.807, 2.05) is 19.0 Å². The minimum Gasteiger partial charge on any atom is -0.388 e. The Morgan fingerprint density at radius 1 is 1.27 bits per heavy atom. The number of nitrogens with zero attached hydrogens (tertiary/aromatic N) is 1. The number of rotatable bonds is 1. The van der Waals surface area contributed by atoms with E-state index in [0.29, 0.717) is 5.92 Å². The minimum absolute atomic E-state index is 0.0867. The predicted molar refractivity (Wildman–Crippen MR) is 101 cm³/mol. The molecule has 0 aromatic carbocycles. The summed E-state index contributed by atoms with van der Waals surface area (Å²) in [4.78, 5) is 2.03. The van der Waals surface area contributed by atoms with Gasteiger partial charge >= 0.3 is 0 Å². The number of aliphatic hydroxyl groups is 2. The smallest absolute Gasteiger partial charge is 0.105 e. The van der Waals surface area contributed by atoms with Gasteiger partial charge in [0.25, 0.3) is 0 Å². The SMILES string of the molecule is C=C1CC[C@@H]2[C@]1(C)CC=C1C=C3[C@@H](O)[C@H](O)[C@@H](N(C)C)C[C@]34CC[C@@]12O4. The lowest BCUT2D eigenvalue weighted by atomic mass is 9.60. The Balaban J connectivity index is 1.63. The molecule has 2 saturated carbocycles. The lowest BCUT2D eigenvalue weighted by Gasteiger charge is -2.55. The summed E-state index contributed by atoms with van der Waals surface area (Å²) in [5, 5.41) is 21.6. The second kappa shape index (κ2) is 5.11. The highest BCUT2D eigenvalue weighted by atomic mass is 16.5. The third kappa shape index (κ3) is 1.84. The molecule has 0 radical (unpaired) electrons. The highest BCUT2D eigenvalue weighted by Crippen LogP contribution is 2.67. The molecular weight excluding hydrogens is 326 g/mol. The highest BCUT2D eigenvalue weighted by molar-refractivity contribution is 5.50. The zero-order valence-electron chi connectivity index (χ0n) is 16.2. The van der Waals surface area contributed by atoms with Gasteiger partial charge in [-0.25, -0.2) is 0 Å². The second-order valence-corrected chi connectivity index (χ2v) is 9.73. The van der Waals surface area contributed by atoms with Crippen LogP contribution in [0.1, 0.15) is 45.4 Å². The molecule has 2 spiro atoms. The average Bonchev–Trinajstić information content (AvgIpc) is 3.07. The number of fused-ring (bicyclic) bond motifs is 1. The van der Waals surface area contributed by atoms with Gasteiger partial charge in [0, 0.05) is 12.0 Å². The first kappa shape index (κ1) is 17.2. The molecule has 4 heteroatoms. The lowest BCUT2D eigenvalue weighted by Crippen LogP contribution is -2.61. The Hall–Kier alpha value is -0.940. The summed E-state index contributed by atoms with van der Waals surface area (Å²) in [5.74, 6) is 0.474. The maximum atomic E-state index is 10.9. The van der Waals surface area contributed by atoms with E-state index in [9.17, 15) is 10.2 Å². The summed E-state index contributed by atoms with van der Waals surface area (Å²) in [6, 6.07) is -0.0867. The molecule has 4 nitrogen and oxygen atoms in total. The van der Waals surface area contributed by atoms with Crippen molar-refractivity contribution in [2.24, 2.45) is 11.3 Å². The van der Waals surface area contributed by atoms with Crippen LogP contribution in [0.25, 0.3) is 0 Å². The van der Waals surface area contributed by atoms with Crippen LogP contribution in [0.15, 0.2) is 35.5 Å². The molecule has 1 saturated heterocycles. The molecule has 5 aliphatic rings. The molecule has 0 aromatic heterocycles. The molecule has 2 N–H and O–H groups in total. The van der Waals surface area contributed by atoms with Crippen molar-refractivity contribution in [2.45, 2.75) is 74.9 Å². The first-order valence-electron chi connectivity index (χ1n) is 10.1. The molecule has 3 aliphatic carbocycles. The van der Waals surface area contributed by atoms with Gasteiger partial charge in [-0.1, -0.05) is 31.2 Å². The molecule has 2 heterocycles. The summed E-state index contributed by atoms with van der Waals surface area (Å²) in [7, 11) is 3.95. The van der Waals surface area contributed by atoms with E-state index >= 15 is 0 Å². The molecule has 142 valence electrons. The van der Waals surface area contributed by atoms with Crippen LogP contribution in [-0.2, 0) is 4.74 Å². The maximum absolute atomic E-state index is 10.9. The number of ether oxygens (including phenoxy) is 1. The van der Waals surface area contributed by atoms with Crippen LogP contribution in [0, 0.1) is 11.3 Å². The minimum atomic E-state index is -0.847. The normalized spacial score (nSPS) is 52.3. The van der Waals surface area contributed by atoms with E-state index in [2.05, 4.69) is 25.7 Å². The van der Waals surface area contributed by atoms with Crippen molar-refractivity contribution in [2.75, 3.05) is 14.1 Å². The Morgan fingerprint density at radius 3 is 2.77 bits per heavy atom. The Labute approximate surface area is 156 Å². The van der Waals surface area contributed by atoms with E-state index in [-0.39, 0.29) is 17.1 Å². The number of aliphatic hydroxyl groups excluding tert-OH is 2. The zero-order valence-corrected chi connectivity index (χ0v) is 16.2. The quantitative estimate of drug-likeness (QED) is 0.708. The number of likely N-dealkylation sites (N-methyl/N-ethyl adjacent to an activating group) is 1. The number of hydrogen-bond acceptors (Lipinski definition) is 4. The molecular formula is C22H31NO3. The van der Waals surface area contributed by atoms with Crippen molar-refractivity contribution >= 4 is 0 Å². The highest BCUT2D eigenvalue weighted by Gasteiger charge is 2.67. The summed E-state index contributed by atoms with van der Waals surface area (Å²) in [6.45, 7) is 6.75. The average molecular weight is 357 g/mol. The van der Waals surface area contributed by atoms with Crippen molar-refractivity contribution in [1.29, 1.82) is 0 Å². The summed E-state index contributed by atoms with van der Waals surface area (Å²) < 4.78 is 7.03. The Morgan fingerprint density at radius 2 is 2.04 bits per heavy atom. The topological polar surface area (TPSA) is 52.9 Å². The molecule has 0 unspecified atom stereocenters. The Bertz CT molecular complexity index is 740. The van der Waals surface area contributed by atoms with E-state index in [1.54, 1.807) is 0 Å². The monoisotopic (exact) mass is 357 g/mol.